The highest BCUT2D eigenvalue weighted by atomic mass is 15.1. The molecule has 278 valence electrons. The van der Waals surface area contributed by atoms with Gasteiger partial charge in [-0.25, -0.2) is 0 Å². The van der Waals surface area contributed by atoms with Gasteiger partial charge in [0.25, 0.3) is 0 Å². The fourth-order valence-corrected chi connectivity index (χ4v) is 10.9. The number of nitrogens with zero attached hydrogens (tertiary/aromatic N) is 1. The quantitative estimate of drug-likeness (QED) is 0.169. The Bertz CT molecular complexity index is 3090. The highest BCUT2D eigenvalue weighted by Crippen LogP contribution is 2.65. The molecule has 0 saturated heterocycles. The summed E-state index contributed by atoms with van der Waals surface area (Å²) in [4.78, 5) is 2.55. The third kappa shape index (κ3) is 4.67. The van der Waals surface area contributed by atoms with Crippen LogP contribution < -0.4 is 4.90 Å². The Morgan fingerprint density at radius 1 is 0.305 bits per heavy atom. The van der Waals surface area contributed by atoms with Crippen molar-refractivity contribution >= 4 is 17.1 Å². The zero-order valence-corrected chi connectivity index (χ0v) is 33.2. The van der Waals surface area contributed by atoms with Gasteiger partial charge in [-0.2, -0.15) is 0 Å². The van der Waals surface area contributed by atoms with Crippen molar-refractivity contribution in [3.05, 3.63) is 246 Å². The van der Waals surface area contributed by atoms with E-state index in [0.717, 1.165) is 11.4 Å². The molecule has 0 radical (unpaired) electrons. The summed E-state index contributed by atoms with van der Waals surface area (Å²) in [6, 6.07) is 79.1. The first-order chi connectivity index (χ1) is 29.0. The number of fused-ring (bicyclic) bond motifs is 13. The minimum atomic E-state index is -0.433. The summed E-state index contributed by atoms with van der Waals surface area (Å²) < 4.78 is 0. The van der Waals surface area contributed by atoms with Crippen LogP contribution in [0.4, 0.5) is 17.1 Å². The predicted octanol–water partition coefficient (Wildman–Crippen LogP) is 15.1. The molecule has 59 heavy (non-hydrogen) atoms. The molecule has 12 rings (SSSR count). The molecule has 1 spiro atoms. The lowest BCUT2D eigenvalue weighted by Gasteiger charge is -2.33. The van der Waals surface area contributed by atoms with E-state index in [-0.39, 0.29) is 5.41 Å². The van der Waals surface area contributed by atoms with Crippen molar-refractivity contribution in [3.8, 4) is 55.6 Å². The summed E-state index contributed by atoms with van der Waals surface area (Å²) in [7, 11) is 0. The molecule has 3 aliphatic rings. The zero-order chi connectivity index (χ0) is 39.3. The zero-order valence-electron chi connectivity index (χ0n) is 33.2. The van der Waals surface area contributed by atoms with E-state index in [0.29, 0.717) is 0 Å². The monoisotopic (exact) mass is 751 g/mol. The van der Waals surface area contributed by atoms with Crippen LogP contribution in [0.5, 0.6) is 0 Å². The molecule has 9 aromatic carbocycles. The van der Waals surface area contributed by atoms with Crippen LogP contribution in [0.15, 0.2) is 212 Å². The predicted molar refractivity (Wildman–Crippen MR) is 246 cm³/mol. The minimum Gasteiger partial charge on any atom is -0.309 e. The molecular formula is C58H41N. The number of para-hydroxylation sites is 1. The van der Waals surface area contributed by atoms with Crippen LogP contribution in [0, 0.1) is 0 Å². The smallest absolute Gasteiger partial charge is 0.0726 e. The minimum absolute atomic E-state index is 0.206. The largest absolute Gasteiger partial charge is 0.309 e. The van der Waals surface area contributed by atoms with Crippen LogP contribution >= 0.6 is 0 Å². The summed E-state index contributed by atoms with van der Waals surface area (Å²) in [5, 5.41) is 0. The maximum Gasteiger partial charge on any atom is 0.0726 e. The van der Waals surface area contributed by atoms with Gasteiger partial charge >= 0.3 is 0 Å². The van der Waals surface area contributed by atoms with Crippen LogP contribution in [0.3, 0.4) is 0 Å². The Morgan fingerprint density at radius 3 is 1.46 bits per heavy atom. The number of rotatable bonds is 5. The van der Waals surface area contributed by atoms with E-state index in [2.05, 4.69) is 231 Å². The molecular weight excluding hydrogens is 711 g/mol. The van der Waals surface area contributed by atoms with Crippen molar-refractivity contribution in [2.45, 2.75) is 24.7 Å². The lowest BCUT2D eigenvalue weighted by Crippen LogP contribution is -2.26. The summed E-state index contributed by atoms with van der Waals surface area (Å²) in [6.07, 6.45) is 0. The second-order valence-electron chi connectivity index (χ2n) is 16.8. The Morgan fingerprint density at radius 2 is 0.780 bits per heavy atom. The van der Waals surface area contributed by atoms with Crippen molar-refractivity contribution in [2.75, 3.05) is 4.90 Å². The van der Waals surface area contributed by atoms with E-state index < -0.39 is 5.41 Å². The lowest BCUT2D eigenvalue weighted by molar-refractivity contribution is 0.660. The second-order valence-corrected chi connectivity index (χ2v) is 16.8. The summed E-state index contributed by atoms with van der Waals surface area (Å²) >= 11 is 0. The SMILES string of the molecule is CC1(C)c2cc(-c3ccccc3)ccc2-c2ccc(N(c3ccccc3-c3ccccc3)c3cccc4c3-c3ccccc3C43c4ccccc4-c4ccccc43)cc21. The van der Waals surface area contributed by atoms with Crippen molar-refractivity contribution in [1.82, 2.24) is 0 Å². The molecule has 3 aliphatic carbocycles. The van der Waals surface area contributed by atoms with Gasteiger partial charge in [0.15, 0.2) is 0 Å². The van der Waals surface area contributed by atoms with E-state index in [1.807, 2.05) is 0 Å². The molecule has 0 fully saturated rings. The number of hydrogen-bond donors (Lipinski definition) is 0. The fraction of sp³-hybridized carbons (Fsp3) is 0.0690. The van der Waals surface area contributed by atoms with Gasteiger partial charge in [0.1, 0.15) is 0 Å². The molecule has 1 nitrogen and oxygen atoms in total. The second kappa shape index (κ2) is 12.6. The van der Waals surface area contributed by atoms with Gasteiger partial charge in [0.05, 0.1) is 16.8 Å². The fourth-order valence-electron chi connectivity index (χ4n) is 10.9. The molecule has 0 saturated carbocycles. The topological polar surface area (TPSA) is 3.24 Å². The summed E-state index contributed by atoms with van der Waals surface area (Å²) in [5.41, 5.74) is 23.7. The first kappa shape index (κ1) is 33.9. The molecule has 9 aromatic rings. The molecule has 0 amide bonds. The average molecular weight is 752 g/mol. The van der Waals surface area contributed by atoms with Crippen molar-refractivity contribution < 1.29 is 0 Å². The number of anilines is 3. The Hall–Kier alpha value is -7.22. The van der Waals surface area contributed by atoms with Gasteiger partial charge < -0.3 is 4.90 Å². The first-order valence-corrected chi connectivity index (χ1v) is 20.8. The molecule has 0 unspecified atom stereocenters. The van der Waals surface area contributed by atoms with E-state index >= 15 is 0 Å². The molecule has 0 aromatic heterocycles. The molecule has 0 aliphatic heterocycles. The van der Waals surface area contributed by atoms with E-state index in [1.165, 1.54) is 94.7 Å². The van der Waals surface area contributed by atoms with Crippen LogP contribution in [0.2, 0.25) is 0 Å². The Balaban J connectivity index is 1.12. The van der Waals surface area contributed by atoms with Crippen LogP contribution in [0.1, 0.15) is 47.2 Å². The third-order valence-corrected chi connectivity index (χ3v) is 13.5. The van der Waals surface area contributed by atoms with E-state index in [1.54, 1.807) is 0 Å². The van der Waals surface area contributed by atoms with Gasteiger partial charge in [-0.1, -0.05) is 196 Å². The lowest BCUT2D eigenvalue weighted by atomic mass is 9.70. The number of benzene rings is 9. The normalized spacial score (nSPS) is 14.2. The van der Waals surface area contributed by atoms with Gasteiger partial charge in [0.2, 0.25) is 0 Å². The first-order valence-electron chi connectivity index (χ1n) is 20.8. The Labute approximate surface area is 346 Å². The van der Waals surface area contributed by atoms with Crippen LogP contribution in [-0.2, 0) is 10.8 Å². The highest BCUT2D eigenvalue weighted by Gasteiger charge is 2.52. The van der Waals surface area contributed by atoms with Crippen LogP contribution in [-0.4, -0.2) is 0 Å². The molecule has 0 N–H and O–H groups in total. The molecule has 0 heterocycles. The third-order valence-electron chi connectivity index (χ3n) is 13.5. The standard InChI is InChI=1S/C58H41N/c1-57(2)52-36-40(38-18-5-3-6-19-38)32-34-45(52)46-35-33-41(37-53(46)57)59(54-30-16-12-22-42(54)39-20-7-4-8-21-39)55-31-17-29-51-56(55)47-25-11-15-28-50(47)58(51)48-26-13-9-23-43(48)44-24-10-14-27-49(44)58/h3-37H,1-2H3. The Kier molecular flexibility index (Phi) is 7.26. The summed E-state index contributed by atoms with van der Waals surface area (Å²) in [6.45, 7) is 4.79. The van der Waals surface area contributed by atoms with Crippen molar-refractivity contribution in [2.24, 2.45) is 0 Å². The van der Waals surface area contributed by atoms with Gasteiger partial charge in [0, 0.05) is 22.2 Å². The van der Waals surface area contributed by atoms with Gasteiger partial charge in [-0.15, -0.1) is 0 Å². The van der Waals surface area contributed by atoms with Gasteiger partial charge in [-0.05, 0) is 108 Å². The van der Waals surface area contributed by atoms with E-state index in [9.17, 15) is 0 Å². The van der Waals surface area contributed by atoms with Crippen molar-refractivity contribution in [3.63, 3.8) is 0 Å². The van der Waals surface area contributed by atoms with Gasteiger partial charge in [-0.3, -0.25) is 0 Å². The summed E-state index contributed by atoms with van der Waals surface area (Å²) in [5.74, 6) is 0. The maximum absolute atomic E-state index is 2.55. The number of hydrogen-bond acceptors (Lipinski definition) is 1. The van der Waals surface area contributed by atoms with Crippen molar-refractivity contribution in [1.29, 1.82) is 0 Å². The average Bonchev–Trinajstić information content (AvgIpc) is 3.86. The molecule has 0 atom stereocenters. The molecule has 1 heteroatoms. The maximum atomic E-state index is 2.55. The van der Waals surface area contributed by atoms with E-state index in [4.69, 9.17) is 0 Å². The molecule has 0 bridgehead atoms. The van der Waals surface area contributed by atoms with Crippen LogP contribution in [0.25, 0.3) is 55.6 Å². The highest BCUT2D eigenvalue weighted by molar-refractivity contribution is 6.02.